The molecule has 1 aliphatic rings. The van der Waals surface area contributed by atoms with Gasteiger partial charge in [-0.2, -0.15) is 0 Å². The van der Waals surface area contributed by atoms with Gasteiger partial charge in [-0.15, -0.1) is 11.8 Å². The van der Waals surface area contributed by atoms with E-state index in [-0.39, 0.29) is 11.6 Å². The molecule has 1 N–H and O–H groups in total. The number of carbonyl (C=O) groups is 1. The first kappa shape index (κ1) is 14.8. The second kappa shape index (κ2) is 6.64. The second-order valence-corrected chi connectivity index (χ2v) is 6.96. The van der Waals surface area contributed by atoms with Crippen LogP contribution in [0.4, 0.5) is 0 Å². The van der Waals surface area contributed by atoms with E-state index < -0.39 is 0 Å². The molecule has 1 rings (SSSR count). The van der Waals surface area contributed by atoms with Gasteiger partial charge < -0.3 is 10.1 Å². The van der Waals surface area contributed by atoms with E-state index in [0.717, 1.165) is 0 Å². The number of hydrogen-bond donors (Lipinski definition) is 1. The molecule has 1 fully saturated rings. The normalized spacial score (nSPS) is 25.6. The molecular formula is C13H25NO2S. The molecule has 1 aliphatic carbocycles. The third-order valence-electron chi connectivity index (χ3n) is 2.89. The SMILES string of the molecule is CNC1CCCC(SCC(=O)OC(C)(C)C)C1. The van der Waals surface area contributed by atoms with Crippen LogP contribution in [0.25, 0.3) is 0 Å². The van der Waals surface area contributed by atoms with Gasteiger partial charge in [-0.25, -0.2) is 0 Å². The summed E-state index contributed by atoms with van der Waals surface area (Å²) in [6.07, 6.45) is 4.92. The van der Waals surface area contributed by atoms with Crippen molar-refractivity contribution in [1.29, 1.82) is 0 Å². The van der Waals surface area contributed by atoms with Crippen molar-refractivity contribution in [1.82, 2.24) is 5.32 Å². The van der Waals surface area contributed by atoms with E-state index in [1.165, 1.54) is 25.7 Å². The predicted molar refractivity (Wildman–Crippen MR) is 73.4 cm³/mol. The molecule has 0 radical (unpaired) electrons. The lowest BCUT2D eigenvalue weighted by Gasteiger charge is -2.28. The Labute approximate surface area is 109 Å². The van der Waals surface area contributed by atoms with Crippen LogP contribution in [0.3, 0.4) is 0 Å². The predicted octanol–water partition coefficient (Wildman–Crippen LogP) is 2.59. The minimum Gasteiger partial charge on any atom is -0.459 e. The summed E-state index contributed by atoms with van der Waals surface area (Å²) >= 11 is 1.75. The average molecular weight is 259 g/mol. The summed E-state index contributed by atoms with van der Waals surface area (Å²) < 4.78 is 5.31. The van der Waals surface area contributed by atoms with E-state index in [1.807, 2.05) is 27.8 Å². The highest BCUT2D eigenvalue weighted by molar-refractivity contribution is 8.00. The van der Waals surface area contributed by atoms with Crippen LogP contribution in [-0.4, -0.2) is 35.7 Å². The summed E-state index contributed by atoms with van der Waals surface area (Å²) in [7, 11) is 2.02. The maximum atomic E-state index is 11.6. The smallest absolute Gasteiger partial charge is 0.316 e. The van der Waals surface area contributed by atoms with Gasteiger partial charge in [-0.3, -0.25) is 4.79 Å². The summed E-state index contributed by atoms with van der Waals surface area (Å²) in [5.74, 6) is 0.396. The van der Waals surface area contributed by atoms with Crippen LogP contribution in [0.1, 0.15) is 46.5 Å². The topological polar surface area (TPSA) is 38.3 Å². The van der Waals surface area contributed by atoms with E-state index in [4.69, 9.17) is 4.74 Å². The molecule has 0 aromatic heterocycles. The monoisotopic (exact) mass is 259 g/mol. The van der Waals surface area contributed by atoms with Gasteiger partial charge in [-0.1, -0.05) is 6.42 Å². The van der Waals surface area contributed by atoms with Gasteiger partial charge in [0.05, 0.1) is 5.75 Å². The number of nitrogens with one attached hydrogen (secondary N) is 1. The first-order chi connectivity index (χ1) is 7.90. The van der Waals surface area contributed by atoms with Crippen LogP contribution in [-0.2, 0) is 9.53 Å². The van der Waals surface area contributed by atoms with Crippen molar-refractivity contribution in [3.8, 4) is 0 Å². The van der Waals surface area contributed by atoms with E-state index in [9.17, 15) is 4.79 Å². The molecule has 0 saturated heterocycles. The van der Waals surface area contributed by atoms with Gasteiger partial charge in [-0.05, 0) is 47.1 Å². The molecule has 2 atom stereocenters. The number of ether oxygens (including phenoxy) is 1. The van der Waals surface area contributed by atoms with Crippen molar-refractivity contribution in [2.75, 3.05) is 12.8 Å². The number of thioether (sulfide) groups is 1. The van der Waals surface area contributed by atoms with E-state index >= 15 is 0 Å². The lowest BCUT2D eigenvalue weighted by atomic mass is 9.95. The molecule has 0 heterocycles. The summed E-state index contributed by atoms with van der Waals surface area (Å²) in [4.78, 5) is 11.6. The van der Waals surface area contributed by atoms with Gasteiger partial charge in [0.1, 0.15) is 5.60 Å². The van der Waals surface area contributed by atoms with Crippen molar-refractivity contribution in [2.24, 2.45) is 0 Å². The van der Waals surface area contributed by atoms with Crippen LogP contribution in [0, 0.1) is 0 Å². The Balaban J connectivity index is 2.23. The molecule has 1 saturated carbocycles. The molecular weight excluding hydrogens is 234 g/mol. The minimum absolute atomic E-state index is 0.0888. The van der Waals surface area contributed by atoms with Crippen LogP contribution in [0.15, 0.2) is 0 Å². The van der Waals surface area contributed by atoms with Gasteiger partial charge >= 0.3 is 5.97 Å². The van der Waals surface area contributed by atoms with Gasteiger partial charge in [0.2, 0.25) is 0 Å². The Bertz CT molecular complexity index is 250. The average Bonchev–Trinajstić information content (AvgIpc) is 2.24. The fourth-order valence-electron chi connectivity index (χ4n) is 2.12. The number of carbonyl (C=O) groups excluding carboxylic acids is 1. The zero-order valence-corrected chi connectivity index (χ0v) is 12.2. The van der Waals surface area contributed by atoms with Crippen molar-refractivity contribution < 1.29 is 9.53 Å². The lowest BCUT2D eigenvalue weighted by molar-refractivity contribution is -0.151. The van der Waals surface area contributed by atoms with Crippen molar-refractivity contribution in [3.63, 3.8) is 0 Å². The zero-order chi connectivity index (χ0) is 12.9. The summed E-state index contributed by atoms with van der Waals surface area (Å²) in [5.41, 5.74) is -0.363. The Morgan fingerprint density at radius 2 is 2.12 bits per heavy atom. The first-order valence-electron chi connectivity index (χ1n) is 6.41. The molecule has 0 aromatic rings. The van der Waals surface area contributed by atoms with Crippen molar-refractivity contribution >= 4 is 17.7 Å². The molecule has 0 aromatic carbocycles. The molecule has 17 heavy (non-hydrogen) atoms. The largest absolute Gasteiger partial charge is 0.459 e. The summed E-state index contributed by atoms with van der Waals surface area (Å²) in [6.45, 7) is 5.73. The minimum atomic E-state index is -0.363. The van der Waals surface area contributed by atoms with Crippen LogP contribution >= 0.6 is 11.8 Å². The molecule has 0 aliphatic heterocycles. The molecule has 0 amide bonds. The van der Waals surface area contributed by atoms with E-state index in [2.05, 4.69) is 5.32 Å². The fraction of sp³-hybridized carbons (Fsp3) is 0.923. The maximum Gasteiger partial charge on any atom is 0.316 e. The van der Waals surface area contributed by atoms with Gasteiger partial charge in [0.25, 0.3) is 0 Å². The van der Waals surface area contributed by atoms with Crippen molar-refractivity contribution in [2.45, 2.75) is 63.3 Å². The molecule has 0 bridgehead atoms. The van der Waals surface area contributed by atoms with E-state index in [0.29, 0.717) is 17.0 Å². The Morgan fingerprint density at radius 1 is 1.41 bits per heavy atom. The standard InChI is InChI=1S/C13H25NO2S/c1-13(2,3)16-12(15)9-17-11-7-5-6-10(8-11)14-4/h10-11,14H,5-9H2,1-4H3. The summed E-state index contributed by atoms with van der Waals surface area (Å²) in [6, 6.07) is 0.625. The third-order valence-corrected chi connectivity index (χ3v) is 4.19. The van der Waals surface area contributed by atoms with Crippen LogP contribution < -0.4 is 5.32 Å². The molecule has 4 heteroatoms. The van der Waals surface area contributed by atoms with Crippen LogP contribution in [0.2, 0.25) is 0 Å². The maximum absolute atomic E-state index is 11.6. The number of rotatable bonds is 4. The van der Waals surface area contributed by atoms with Crippen LogP contribution in [0.5, 0.6) is 0 Å². The van der Waals surface area contributed by atoms with Gasteiger partial charge in [0.15, 0.2) is 0 Å². The molecule has 2 unspecified atom stereocenters. The van der Waals surface area contributed by atoms with E-state index in [1.54, 1.807) is 11.8 Å². The summed E-state index contributed by atoms with van der Waals surface area (Å²) in [5, 5.41) is 3.94. The quantitative estimate of drug-likeness (QED) is 0.788. The first-order valence-corrected chi connectivity index (χ1v) is 7.46. The number of hydrogen-bond acceptors (Lipinski definition) is 4. The molecule has 0 spiro atoms. The third kappa shape index (κ3) is 6.32. The highest BCUT2D eigenvalue weighted by Gasteiger charge is 2.23. The van der Waals surface area contributed by atoms with Crippen molar-refractivity contribution in [3.05, 3.63) is 0 Å². The van der Waals surface area contributed by atoms with Gasteiger partial charge in [0, 0.05) is 11.3 Å². The zero-order valence-electron chi connectivity index (χ0n) is 11.4. The Hall–Kier alpha value is -0.220. The number of esters is 1. The Kier molecular flexibility index (Phi) is 5.80. The highest BCUT2D eigenvalue weighted by atomic mass is 32.2. The Morgan fingerprint density at radius 3 is 2.71 bits per heavy atom. The highest BCUT2D eigenvalue weighted by Crippen LogP contribution is 2.28. The lowest BCUT2D eigenvalue weighted by Crippen LogP contribution is -2.33. The molecule has 3 nitrogen and oxygen atoms in total. The second-order valence-electron chi connectivity index (χ2n) is 5.67. The molecule has 100 valence electrons. The fourth-order valence-corrected chi connectivity index (χ4v) is 3.25.